The molecule has 242 valence electrons. The fraction of sp³-hybridized carbons (Fsp3) is 0.257. The van der Waals surface area contributed by atoms with Gasteiger partial charge in [0.15, 0.2) is 11.6 Å². The fourth-order valence-corrected chi connectivity index (χ4v) is 5.92. The summed E-state index contributed by atoms with van der Waals surface area (Å²) < 4.78 is 12.3. The average Bonchev–Trinajstić information content (AvgIpc) is 3.45. The molecule has 0 radical (unpaired) electrons. The van der Waals surface area contributed by atoms with Crippen molar-refractivity contribution in [1.82, 2.24) is 10.9 Å². The lowest BCUT2D eigenvalue weighted by Gasteiger charge is -2.32. The molecule has 10 nitrogen and oxygen atoms in total. The van der Waals surface area contributed by atoms with Crippen molar-refractivity contribution in [2.75, 3.05) is 13.2 Å². The number of rotatable bonds is 14. The monoisotopic (exact) mass is 672 g/mol. The van der Waals surface area contributed by atoms with Crippen molar-refractivity contribution in [3.8, 4) is 5.75 Å². The molecule has 1 heterocycles. The van der Waals surface area contributed by atoms with Crippen molar-refractivity contribution >= 4 is 35.0 Å². The number of amides is 1. The van der Waals surface area contributed by atoms with Crippen LogP contribution in [0, 0.1) is 6.92 Å². The molecule has 12 heteroatoms. The molecule has 0 spiro atoms. The second-order valence-electron chi connectivity index (χ2n) is 11.1. The van der Waals surface area contributed by atoms with E-state index in [4.69, 9.17) is 48.3 Å². The third kappa shape index (κ3) is 8.24. The molecule has 1 amide bonds. The first kappa shape index (κ1) is 33.8. The van der Waals surface area contributed by atoms with Crippen molar-refractivity contribution in [3.05, 3.63) is 145 Å². The Bertz CT molecular complexity index is 1800. The Hall–Kier alpha value is -4.57. The van der Waals surface area contributed by atoms with Gasteiger partial charge in [0.25, 0.3) is 5.91 Å². The Morgan fingerprint density at radius 2 is 1.85 bits per heavy atom. The van der Waals surface area contributed by atoms with Crippen LogP contribution in [-0.2, 0) is 29.0 Å². The number of aliphatic imine (C=N–C) groups is 1. The number of halogens is 2. The summed E-state index contributed by atoms with van der Waals surface area (Å²) in [6, 6.07) is 27.6. The number of carbonyl (C=O) groups is 1. The second kappa shape index (κ2) is 15.8. The van der Waals surface area contributed by atoms with Crippen LogP contribution in [0.2, 0.25) is 10.0 Å². The van der Waals surface area contributed by atoms with Gasteiger partial charge in [-0.1, -0.05) is 88.5 Å². The van der Waals surface area contributed by atoms with E-state index in [1.165, 1.54) is 0 Å². The first-order valence-electron chi connectivity index (χ1n) is 15.0. The number of aryl methyl sites for hydroxylation is 1. The summed E-state index contributed by atoms with van der Waals surface area (Å²) in [6.45, 7) is 2.88. The molecule has 2 atom stereocenters. The summed E-state index contributed by atoms with van der Waals surface area (Å²) in [4.78, 5) is 22.5. The molecular formula is C35H34Cl2N6O4. The number of nitrogens with one attached hydrogen (secondary N) is 2. The van der Waals surface area contributed by atoms with Crippen LogP contribution < -0.4 is 15.6 Å². The van der Waals surface area contributed by atoms with Gasteiger partial charge in [0.2, 0.25) is 5.90 Å². The summed E-state index contributed by atoms with van der Waals surface area (Å²) in [5.41, 5.74) is 18.2. The number of ether oxygens (including phenoxy) is 2. The molecule has 1 aliphatic rings. The average molecular weight is 674 g/mol. The topological polar surface area (TPSA) is 141 Å². The van der Waals surface area contributed by atoms with Gasteiger partial charge >= 0.3 is 0 Å². The van der Waals surface area contributed by atoms with Crippen molar-refractivity contribution in [2.24, 2.45) is 10.1 Å². The zero-order valence-electron chi connectivity index (χ0n) is 25.7. The molecule has 0 unspecified atom stereocenters. The Balaban J connectivity index is 1.58. The lowest BCUT2D eigenvalue weighted by atomic mass is 9.81. The van der Waals surface area contributed by atoms with Crippen LogP contribution in [0.4, 0.5) is 0 Å². The summed E-state index contributed by atoms with van der Waals surface area (Å²) >= 11 is 13.0. The van der Waals surface area contributed by atoms with Gasteiger partial charge < -0.3 is 14.6 Å². The Morgan fingerprint density at radius 3 is 2.57 bits per heavy atom. The van der Waals surface area contributed by atoms with Crippen LogP contribution >= 0.6 is 23.2 Å². The number of benzene rings is 4. The zero-order valence-corrected chi connectivity index (χ0v) is 27.2. The molecule has 0 aromatic heterocycles. The van der Waals surface area contributed by atoms with Gasteiger partial charge in [-0.2, -0.15) is 0 Å². The molecule has 0 fully saturated rings. The molecule has 1 aliphatic heterocycles. The first-order chi connectivity index (χ1) is 22.8. The van der Waals surface area contributed by atoms with Gasteiger partial charge in [0.05, 0.1) is 13.2 Å². The number of hydrazine groups is 1. The van der Waals surface area contributed by atoms with E-state index in [0.29, 0.717) is 46.5 Å². The molecule has 0 saturated carbocycles. The predicted octanol–water partition coefficient (Wildman–Crippen LogP) is 7.19. The minimum Gasteiger partial charge on any atom is -0.494 e. The van der Waals surface area contributed by atoms with Crippen LogP contribution in [0.15, 0.2) is 101 Å². The number of aliphatic hydroxyl groups is 1. The highest BCUT2D eigenvalue weighted by Crippen LogP contribution is 2.45. The lowest BCUT2D eigenvalue weighted by molar-refractivity contribution is -0.130. The summed E-state index contributed by atoms with van der Waals surface area (Å²) in [5, 5.41) is 13.6. The largest absolute Gasteiger partial charge is 0.494 e. The Labute approximate surface area is 282 Å². The van der Waals surface area contributed by atoms with Gasteiger partial charge in [-0.15, -0.1) is 0 Å². The van der Waals surface area contributed by atoms with E-state index in [-0.39, 0.29) is 25.5 Å². The van der Waals surface area contributed by atoms with E-state index in [1.807, 2.05) is 55.5 Å². The van der Waals surface area contributed by atoms with Crippen LogP contribution in [0.1, 0.15) is 45.9 Å². The minimum absolute atomic E-state index is 0.0351. The number of hydrogen-bond donors (Lipinski definition) is 3. The summed E-state index contributed by atoms with van der Waals surface area (Å²) in [5.74, 6) is 0.414. The van der Waals surface area contributed by atoms with Gasteiger partial charge in [0.1, 0.15) is 5.75 Å². The number of hydrogen-bond acceptors (Lipinski definition) is 7. The predicted molar refractivity (Wildman–Crippen MR) is 182 cm³/mol. The van der Waals surface area contributed by atoms with E-state index >= 15 is 0 Å². The van der Waals surface area contributed by atoms with Crippen molar-refractivity contribution in [2.45, 2.75) is 44.5 Å². The zero-order chi connectivity index (χ0) is 33.2. The molecule has 0 aliphatic carbocycles. The standard InChI is InChI=1S/C35H34Cl2N6O4/c1-23-6-4-7-24(18-23)21-39-42-34(45)35(20-26-8-2-3-9-27(26)22-40-43-38)32(30-15-12-28(36)19-31(30)37)47-33(41-35)25-10-13-29(14-11-25)46-17-5-16-44/h2-4,6-15,18-19,32,39,44H,5,16-17,20-22H2,1H3,(H,42,45)/t32-,35-/m0/s1. The Kier molecular flexibility index (Phi) is 11.4. The molecule has 4 aromatic rings. The number of nitrogens with zero attached hydrogens (tertiary/aromatic N) is 4. The van der Waals surface area contributed by atoms with Crippen LogP contribution in [0.5, 0.6) is 5.75 Å². The molecule has 0 bridgehead atoms. The minimum atomic E-state index is -1.56. The molecular weight excluding hydrogens is 639 g/mol. The van der Waals surface area contributed by atoms with E-state index in [9.17, 15) is 4.79 Å². The van der Waals surface area contributed by atoms with Gasteiger partial charge in [-0.05, 0) is 65.5 Å². The van der Waals surface area contributed by atoms with Crippen LogP contribution in [0.3, 0.4) is 0 Å². The summed E-state index contributed by atoms with van der Waals surface area (Å²) in [7, 11) is 0. The third-order valence-corrected chi connectivity index (χ3v) is 8.30. The third-order valence-electron chi connectivity index (χ3n) is 7.73. The molecule has 5 rings (SSSR count). The maximum atomic E-state index is 14.5. The first-order valence-corrected chi connectivity index (χ1v) is 15.8. The quantitative estimate of drug-likeness (QED) is 0.0427. The van der Waals surface area contributed by atoms with Crippen LogP contribution in [0.25, 0.3) is 10.4 Å². The van der Waals surface area contributed by atoms with E-state index in [0.717, 1.165) is 22.3 Å². The van der Waals surface area contributed by atoms with Gasteiger partial charge in [-0.3, -0.25) is 10.2 Å². The number of aliphatic hydroxyl groups excluding tert-OH is 1. The highest BCUT2D eigenvalue weighted by molar-refractivity contribution is 6.35. The van der Waals surface area contributed by atoms with E-state index in [2.05, 4.69) is 20.9 Å². The summed E-state index contributed by atoms with van der Waals surface area (Å²) in [6.07, 6.45) is -0.355. The maximum Gasteiger partial charge on any atom is 0.266 e. The lowest BCUT2D eigenvalue weighted by Crippen LogP contribution is -2.53. The van der Waals surface area contributed by atoms with E-state index < -0.39 is 17.6 Å². The Morgan fingerprint density at radius 1 is 1.06 bits per heavy atom. The van der Waals surface area contributed by atoms with Crippen molar-refractivity contribution in [3.63, 3.8) is 0 Å². The van der Waals surface area contributed by atoms with E-state index in [1.54, 1.807) is 42.5 Å². The van der Waals surface area contributed by atoms with Gasteiger partial charge in [-0.25, -0.2) is 10.4 Å². The smallest absolute Gasteiger partial charge is 0.266 e. The molecule has 0 saturated heterocycles. The maximum absolute atomic E-state index is 14.5. The van der Waals surface area contributed by atoms with Crippen molar-refractivity contribution < 1.29 is 19.4 Å². The second-order valence-corrected chi connectivity index (χ2v) is 11.9. The van der Waals surface area contributed by atoms with Gasteiger partial charge in [0, 0.05) is 52.1 Å². The van der Waals surface area contributed by atoms with Crippen molar-refractivity contribution in [1.29, 1.82) is 0 Å². The molecule has 3 N–H and O–H groups in total. The highest BCUT2D eigenvalue weighted by atomic mass is 35.5. The highest BCUT2D eigenvalue weighted by Gasteiger charge is 2.54. The molecule has 4 aromatic carbocycles. The SMILES string of the molecule is Cc1cccc(CNNC(=O)[C@@]2(Cc3ccccc3CN=[N+]=[N-])N=C(c3ccc(OCCCO)cc3)O[C@H]2c2ccc(Cl)cc2Cl)c1. The number of azide groups is 1. The fourth-order valence-electron chi connectivity index (χ4n) is 5.41. The van der Waals surface area contributed by atoms with Crippen LogP contribution in [-0.4, -0.2) is 35.7 Å². The normalized spacial score (nSPS) is 16.9. The number of carbonyl (C=O) groups excluding carboxylic acids is 1. The molecule has 47 heavy (non-hydrogen) atoms.